The van der Waals surface area contributed by atoms with Crippen molar-refractivity contribution in [1.82, 2.24) is 4.90 Å². The van der Waals surface area contributed by atoms with E-state index in [1.807, 2.05) is 36.2 Å². The quantitative estimate of drug-likeness (QED) is 0.818. The van der Waals surface area contributed by atoms with Gasteiger partial charge in [-0.05, 0) is 43.2 Å². The molecule has 1 aliphatic heterocycles. The zero-order chi connectivity index (χ0) is 15.1. The Morgan fingerprint density at radius 1 is 1.32 bits per heavy atom. The summed E-state index contributed by atoms with van der Waals surface area (Å²) in [6.45, 7) is 2.58. The zero-order valence-electron chi connectivity index (χ0n) is 13.3. The monoisotopic (exact) mass is 326 g/mol. The van der Waals surface area contributed by atoms with Crippen LogP contribution in [-0.4, -0.2) is 37.6 Å². The number of nitrogens with two attached hydrogens (primary N) is 1. The number of halogens is 1. The number of carbonyl (C=O) groups excluding carboxylic acids is 1. The van der Waals surface area contributed by atoms with Gasteiger partial charge in [0.2, 0.25) is 5.91 Å². The van der Waals surface area contributed by atoms with E-state index in [1.54, 1.807) is 0 Å². The number of para-hydroxylation sites is 1. The predicted molar refractivity (Wildman–Crippen MR) is 92.2 cm³/mol. The molecule has 0 spiro atoms. The summed E-state index contributed by atoms with van der Waals surface area (Å²) in [5.74, 6) is 0.907. The lowest BCUT2D eigenvalue weighted by Crippen LogP contribution is -2.30. The number of carbonyl (C=O) groups is 1. The number of anilines is 1. The first kappa shape index (κ1) is 18.8. The van der Waals surface area contributed by atoms with Gasteiger partial charge in [0.25, 0.3) is 0 Å². The topological polar surface area (TPSA) is 55.6 Å². The van der Waals surface area contributed by atoms with E-state index in [2.05, 4.69) is 0 Å². The van der Waals surface area contributed by atoms with E-state index < -0.39 is 0 Å². The second-order valence-corrected chi connectivity index (χ2v) is 5.86. The van der Waals surface area contributed by atoms with Gasteiger partial charge in [-0.3, -0.25) is 4.79 Å². The lowest BCUT2D eigenvalue weighted by atomic mass is 9.96. The summed E-state index contributed by atoms with van der Waals surface area (Å²) in [4.78, 5) is 14.0. The Kier molecular flexibility index (Phi) is 8.28. The molecule has 1 saturated heterocycles. The minimum Gasteiger partial charge on any atom is -0.399 e. The van der Waals surface area contributed by atoms with Gasteiger partial charge in [0.1, 0.15) is 0 Å². The summed E-state index contributed by atoms with van der Waals surface area (Å²) in [5, 5.41) is 0. The molecule has 0 saturated carbocycles. The molecule has 1 aromatic rings. The van der Waals surface area contributed by atoms with Crippen LogP contribution in [0.2, 0.25) is 0 Å². The minimum atomic E-state index is 0. The fraction of sp³-hybridized carbons (Fsp3) is 0.588. The van der Waals surface area contributed by atoms with Gasteiger partial charge in [0.05, 0.1) is 0 Å². The first-order chi connectivity index (χ1) is 10.2. The second-order valence-electron chi connectivity index (χ2n) is 5.86. The van der Waals surface area contributed by atoms with Gasteiger partial charge in [0.15, 0.2) is 0 Å². The van der Waals surface area contributed by atoms with Crippen LogP contribution in [0.25, 0.3) is 0 Å². The molecule has 1 amide bonds. The fourth-order valence-electron chi connectivity index (χ4n) is 2.73. The van der Waals surface area contributed by atoms with Crippen LogP contribution >= 0.6 is 12.4 Å². The predicted octanol–water partition coefficient (Wildman–Crippen LogP) is 2.90. The van der Waals surface area contributed by atoms with Crippen LogP contribution in [0, 0.1) is 5.92 Å². The molecule has 0 unspecified atom stereocenters. The van der Waals surface area contributed by atoms with Crippen LogP contribution in [0.5, 0.6) is 0 Å². The second kappa shape index (κ2) is 9.70. The van der Waals surface area contributed by atoms with E-state index >= 15 is 0 Å². The molecule has 0 radical (unpaired) electrons. The van der Waals surface area contributed by atoms with Crippen molar-refractivity contribution in [1.29, 1.82) is 0 Å². The Balaban J connectivity index is 0.00000242. The molecule has 2 rings (SSSR count). The lowest BCUT2D eigenvalue weighted by molar-refractivity contribution is -0.130. The van der Waals surface area contributed by atoms with Gasteiger partial charge in [-0.1, -0.05) is 18.2 Å². The smallest absolute Gasteiger partial charge is 0.222 e. The minimum absolute atomic E-state index is 0. The summed E-state index contributed by atoms with van der Waals surface area (Å²) < 4.78 is 5.36. The molecule has 22 heavy (non-hydrogen) atoms. The third-order valence-corrected chi connectivity index (χ3v) is 4.30. The van der Waals surface area contributed by atoms with Crippen molar-refractivity contribution in [3.8, 4) is 0 Å². The van der Waals surface area contributed by atoms with Crippen molar-refractivity contribution in [3.05, 3.63) is 29.8 Å². The molecule has 124 valence electrons. The number of hydrogen-bond acceptors (Lipinski definition) is 3. The fourth-order valence-corrected chi connectivity index (χ4v) is 2.73. The molecule has 1 aliphatic rings. The van der Waals surface area contributed by atoms with Crippen LogP contribution in [-0.2, 0) is 16.0 Å². The van der Waals surface area contributed by atoms with Crippen molar-refractivity contribution in [2.24, 2.45) is 5.92 Å². The van der Waals surface area contributed by atoms with Crippen molar-refractivity contribution in [2.45, 2.75) is 32.1 Å². The highest BCUT2D eigenvalue weighted by Gasteiger charge is 2.16. The molecule has 0 aromatic heterocycles. The van der Waals surface area contributed by atoms with Gasteiger partial charge in [-0.2, -0.15) is 0 Å². The molecule has 0 aliphatic carbocycles. The Hall–Kier alpha value is -1.26. The molecule has 1 aromatic carbocycles. The van der Waals surface area contributed by atoms with E-state index in [0.717, 1.165) is 50.3 Å². The zero-order valence-corrected chi connectivity index (χ0v) is 14.1. The molecule has 2 N–H and O–H groups in total. The SMILES string of the molecule is CN(CCC1CCOCC1)C(=O)CCc1ccccc1N.Cl. The Morgan fingerprint density at radius 2 is 2.00 bits per heavy atom. The maximum atomic E-state index is 12.2. The number of nitrogen functional groups attached to an aromatic ring is 1. The van der Waals surface area contributed by atoms with E-state index in [9.17, 15) is 4.79 Å². The van der Waals surface area contributed by atoms with E-state index in [-0.39, 0.29) is 18.3 Å². The van der Waals surface area contributed by atoms with Gasteiger partial charge in [-0.15, -0.1) is 12.4 Å². The number of rotatable bonds is 6. The average molecular weight is 327 g/mol. The summed E-state index contributed by atoms with van der Waals surface area (Å²) in [7, 11) is 1.90. The Bertz CT molecular complexity index is 462. The Morgan fingerprint density at radius 3 is 2.68 bits per heavy atom. The number of hydrogen-bond donors (Lipinski definition) is 1. The molecule has 5 heteroatoms. The van der Waals surface area contributed by atoms with E-state index in [4.69, 9.17) is 10.5 Å². The highest BCUT2D eigenvalue weighted by Crippen LogP contribution is 2.19. The van der Waals surface area contributed by atoms with Gasteiger partial charge in [0, 0.05) is 38.9 Å². The summed E-state index contributed by atoms with van der Waals surface area (Å²) in [6, 6.07) is 7.75. The molecular weight excluding hydrogens is 300 g/mol. The standard InChI is InChI=1S/C17H26N2O2.ClH/c1-19(11-8-14-9-12-21-13-10-14)17(20)7-6-15-4-2-3-5-16(15)18;/h2-5,14H,6-13,18H2,1H3;1H. The van der Waals surface area contributed by atoms with Crippen LogP contribution in [0.15, 0.2) is 24.3 Å². The van der Waals surface area contributed by atoms with Crippen molar-refractivity contribution >= 4 is 24.0 Å². The van der Waals surface area contributed by atoms with Gasteiger partial charge < -0.3 is 15.4 Å². The molecule has 0 bridgehead atoms. The van der Waals surface area contributed by atoms with E-state index in [0.29, 0.717) is 18.8 Å². The third kappa shape index (κ3) is 5.85. The van der Waals surface area contributed by atoms with Crippen molar-refractivity contribution < 1.29 is 9.53 Å². The molecular formula is C17H27ClN2O2. The lowest BCUT2D eigenvalue weighted by Gasteiger charge is -2.25. The Labute approximate surface area is 139 Å². The van der Waals surface area contributed by atoms with Crippen LogP contribution in [0.1, 0.15) is 31.2 Å². The first-order valence-electron chi connectivity index (χ1n) is 7.82. The largest absolute Gasteiger partial charge is 0.399 e. The number of amides is 1. The van der Waals surface area contributed by atoms with Crippen molar-refractivity contribution in [2.75, 3.05) is 32.5 Å². The number of ether oxygens (including phenoxy) is 1. The highest BCUT2D eigenvalue weighted by atomic mass is 35.5. The van der Waals surface area contributed by atoms with Crippen molar-refractivity contribution in [3.63, 3.8) is 0 Å². The molecule has 1 fully saturated rings. The van der Waals surface area contributed by atoms with Crippen LogP contribution in [0.4, 0.5) is 5.69 Å². The van der Waals surface area contributed by atoms with Crippen LogP contribution < -0.4 is 5.73 Å². The number of aryl methyl sites for hydroxylation is 1. The molecule has 1 heterocycles. The third-order valence-electron chi connectivity index (χ3n) is 4.30. The average Bonchev–Trinajstić information content (AvgIpc) is 2.52. The summed E-state index contributed by atoms with van der Waals surface area (Å²) in [5.41, 5.74) is 7.73. The van der Waals surface area contributed by atoms with Gasteiger partial charge in [-0.25, -0.2) is 0 Å². The maximum absolute atomic E-state index is 12.2. The summed E-state index contributed by atoms with van der Waals surface area (Å²) in [6.07, 6.45) is 4.58. The number of nitrogens with zero attached hydrogens (tertiary/aromatic N) is 1. The first-order valence-corrected chi connectivity index (χ1v) is 7.82. The molecule has 4 nitrogen and oxygen atoms in total. The normalized spacial score (nSPS) is 15.1. The maximum Gasteiger partial charge on any atom is 0.222 e. The highest BCUT2D eigenvalue weighted by molar-refractivity contribution is 5.85. The molecule has 0 atom stereocenters. The number of benzene rings is 1. The van der Waals surface area contributed by atoms with Gasteiger partial charge >= 0.3 is 0 Å². The van der Waals surface area contributed by atoms with E-state index in [1.165, 1.54) is 0 Å². The van der Waals surface area contributed by atoms with Crippen LogP contribution in [0.3, 0.4) is 0 Å². The summed E-state index contributed by atoms with van der Waals surface area (Å²) >= 11 is 0.